The van der Waals surface area contributed by atoms with E-state index in [9.17, 15) is 0 Å². The van der Waals surface area contributed by atoms with E-state index in [-0.39, 0.29) is 6.10 Å². The summed E-state index contributed by atoms with van der Waals surface area (Å²) in [6, 6.07) is 7.99. The zero-order valence-electron chi connectivity index (χ0n) is 11.0. The molecular weight excluding hydrogens is 296 g/mol. The van der Waals surface area contributed by atoms with Crippen molar-refractivity contribution in [3.05, 3.63) is 29.8 Å². The van der Waals surface area contributed by atoms with E-state index in [1.807, 2.05) is 38.1 Å². The van der Waals surface area contributed by atoms with Crippen molar-refractivity contribution < 1.29 is 14.2 Å². The van der Waals surface area contributed by atoms with Crippen molar-refractivity contribution in [2.24, 2.45) is 0 Å². The van der Waals surface area contributed by atoms with Crippen LogP contribution in [0.15, 0.2) is 24.3 Å². The molecule has 0 heterocycles. The summed E-state index contributed by atoms with van der Waals surface area (Å²) in [5.74, 6) is 0.920. The third-order valence-corrected chi connectivity index (χ3v) is 2.74. The van der Waals surface area contributed by atoms with Crippen LogP contribution in [0.5, 0.6) is 5.75 Å². The number of para-hydroxylation sites is 1. The van der Waals surface area contributed by atoms with Crippen LogP contribution in [-0.2, 0) is 9.47 Å². The molecule has 102 valence electrons. The molecule has 0 N–H and O–H groups in total. The molecule has 4 heteroatoms. The van der Waals surface area contributed by atoms with Crippen LogP contribution >= 0.6 is 15.9 Å². The molecule has 1 aromatic carbocycles. The Hall–Kier alpha value is -0.580. The van der Waals surface area contributed by atoms with Crippen LogP contribution in [-0.4, -0.2) is 37.9 Å². The van der Waals surface area contributed by atoms with Gasteiger partial charge >= 0.3 is 0 Å². The second kappa shape index (κ2) is 9.36. The summed E-state index contributed by atoms with van der Waals surface area (Å²) in [5, 5.41) is 0.860. The van der Waals surface area contributed by atoms with Gasteiger partial charge in [0.05, 0.1) is 25.9 Å². The molecule has 1 aromatic rings. The van der Waals surface area contributed by atoms with Gasteiger partial charge in [0.25, 0.3) is 0 Å². The second-order valence-electron chi connectivity index (χ2n) is 4.06. The molecule has 0 spiro atoms. The number of hydrogen-bond donors (Lipinski definition) is 0. The smallest absolute Gasteiger partial charge is 0.122 e. The summed E-state index contributed by atoms with van der Waals surface area (Å²) < 4.78 is 16.6. The van der Waals surface area contributed by atoms with E-state index in [0.717, 1.165) is 23.2 Å². The molecule has 0 aliphatic heterocycles. The average Bonchev–Trinajstić information content (AvgIpc) is 2.37. The summed E-state index contributed by atoms with van der Waals surface area (Å²) in [5.41, 5.74) is 1.14. The van der Waals surface area contributed by atoms with Crippen LogP contribution in [0.1, 0.15) is 12.5 Å². The van der Waals surface area contributed by atoms with E-state index < -0.39 is 0 Å². The van der Waals surface area contributed by atoms with Crippen molar-refractivity contribution in [1.82, 2.24) is 0 Å². The Morgan fingerprint density at radius 2 is 1.94 bits per heavy atom. The predicted molar refractivity (Wildman–Crippen MR) is 76.7 cm³/mol. The molecule has 1 atom stereocenters. The minimum atomic E-state index is 0.0668. The molecule has 0 aliphatic rings. The zero-order chi connectivity index (χ0) is 13.2. The lowest BCUT2D eigenvalue weighted by atomic mass is 10.2. The first-order valence-corrected chi connectivity index (χ1v) is 7.30. The number of rotatable bonds is 9. The molecule has 0 bridgehead atoms. The van der Waals surface area contributed by atoms with Crippen molar-refractivity contribution in [3.63, 3.8) is 0 Å². The van der Waals surface area contributed by atoms with Gasteiger partial charge in [0, 0.05) is 5.33 Å². The summed E-state index contributed by atoms with van der Waals surface area (Å²) in [6.07, 6.45) is 0.0668. The van der Waals surface area contributed by atoms with E-state index in [0.29, 0.717) is 19.8 Å². The second-order valence-corrected chi connectivity index (χ2v) is 4.85. The first-order valence-electron chi connectivity index (χ1n) is 6.17. The molecule has 3 nitrogen and oxygen atoms in total. The highest BCUT2D eigenvalue weighted by atomic mass is 79.9. The molecule has 0 saturated heterocycles. The molecular formula is C14H21BrO3. The summed E-state index contributed by atoms with van der Waals surface area (Å²) in [4.78, 5) is 0. The Balaban J connectivity index is 2.13. The average molecular weight is 317 g/mol. The maximum Gasteiger partial charge on any atom is 0.122 e. The van der Waals surface area contributed by atoms with Crippen LogP contribution in [0.4, 0.5) is 0 Å². The van der Waals surface area contributed by atoms with Crippen molar-refractivity contribution >= 4 is 15.9 Å². The Labute approximate surface area is 118 Å². The Bertz CT molecular complexity index is 331. The molecule has 0 aromatic heterocycles. The normalized spacial score (nSPS) is 12.4. The predicted octanol–water partition coefficient (Wildman–Crippen LogP) is 3.19. The minimum Gasteiger partial charge on any atom is -0.491 e. The molecule has 0 fully saturated rings. The molecule has 0 aliphatic carbocycles. The quantitative estimate of drug-likeness (QED) is 0.517. The SMILES string of the molecule is Cc1ccccc1OCC(C)OCCOCCBr. The maximum absolute atomic E-state index is 5.70. The van der Waals surface area contributed by atoms with Crippen LogP contribution in [0.2, 0.25) is 0 Å². The van der Waals surface area contributed by atoms with Crippen molar-refractivity contribution in [3.8, 4) is 5.75 Å². The Morgan fingerprint density at radius 3 is 2.67 bits per heavy atom. The number of hydrogen-bond acceptors (Lipinski definition) is 3. The third-order valence-electron chi connectivity index (χ3n) is 2.42. The van der Waals surface area contributed by atoms with E-state index >= 15 is 0 Å². The molecule has 1 rings (SSSR count). The van der Waals surface area contributed by atoms with Crippen LogP contribution in [0.3, 0.4) is 0 Å². The lowest BCUT2D eigenvalue weighted by Crippen LogP contribution is -2.20. The number of aryl methyl sites for hydroxylation is 1. The summed E-state index contributed by atoms with van der Waals surface area (Å²) in [7, 11) is 0. The molecule has 0 saturated carbocycles. The zero-order valence-corrected chi connectivity index (χ0v) is 12.6. The highest BCUT2D eigenvalue weighted by molar-refractivity contribution is 9.09. The minimum absolute atomic E-state index is 0.0668. The van der Waals surface area contributed by atoms with Gasteiger partial charge in [0.15, 0.2) is 0 Å². The van der Waals surface area contributed by atoms with E-state index in [1.54, 1.807) is 0 Å². The van der Waals surface area contributed by atoms with Crippen LogP contribution < -0.4 is 4.74 Å². The van der Waals surface area contributed by atoms with Gasteiger partial charge in [-0.25, -0.2) is 0 Å². The number of benzene rings is 1. The van der Waals surface area contributed by atoms with Gasteiger partial charge in [-0.05, 0) is 25.5 Å². The van der Waals surface area contributed by atoms with Gasteiger partial charge in [-0.3, -0.25) is 0 Å². The number of alkyl halides is 1. The number of halogens is 1. The van der Waals surface area contributed by atoms with Gasteiger partial charge in [-0.2, -0.15) is 0 Å². The van der Waals surface area contributed by atoms with Crippen LogP contribution in [0.25, 0.3) is 0 Å². The van der Waals surface area contributed by atoms with Gasteiger partial charge in [0.2, 0.25) is 0 Å². The first kappa shape index (κ1) is 15.5. The molecule has 1 unspecified atom stereocenters. The van der Waals surface area contributed by atoms with E-state index in [2.05, 4.69) is 15.9 Å². The van der Waals surface area contributed by atoms with Gasteiger partial charge in [-0.15, -0.1) is 0 Å². The Kier molecular flexibility index (Phi) is 8.05. The van der Waals surface area contributed by atoms with Crippen molar-refractivity contribution in [2.75, 3.05) is 31.8 Å². The standard InChI is InChI=1S/C14H21BrO3/c1-12-5-3-4-6-14(12)18-11-13(2)17-10-9-16-8-7-15/h3-6,13H,7-11H2,1-2H3. The fraction of sp³-hybridized carbons (Fsp3) is 0.571. The lowest BCUT2D eigenvalue weighted by molar-refractivity contribution is -0.00311. The Morgan fingerprint density at radius 1 is 1.17 bits per heavy atom. The van der Waals surface area contributed by atoms with Gasteiger partial charge in [0.1, 0.15) is 12.4 Å². The maximum atomic E-state index is 5.70. The molecule has 18 heavy (non-hydrogen) atoms. The van der Waals surface area contributed by atoms with E-state index in [4.69, 9.17) is 14.2 Å². The van der Waals surface area contributed by atoms with E-state index in [1.165, 1.54) is 0 Å². The fourth-order valence-corrected chi connectivity index (χ4v) is 1.67. The first-order chi connectivity index (χ1) is 8.74. The van der Waals surface area contributed by atoms with Gasteiger partial charge in [-0.1, -0.05) is 34.1 Å². The van der Waals surface area contributed by atoms with Crippen molar-refractivity contribution in [1.29, 1.82) is 0 Å². The highest BCUT2D eigenvalue weighted by Crippen LogP contribution is 2.16. The van der Waals surface area contributed by atoms with Crippen molar-refractivity contribution in [2.45, 2.75) is 20.0 Å². The highest BCUT2D eigenvalue weighted by Gasteiger charge is 2.04. The largest absolute Gasteiger partial charge is 0.491 e. The molecule has 0 amide bonds. The summed E-state index contributed by atoms with van der Waals surface area (Å²) >= 11 is 3.30. The fourth-order valence-electron chi connectivity index (χ4n) is 1.44. The van der Waals surface area contributed by atoms with Crippen LogP contribution in [0, 0.1) is 6.92 Å². The lowest BCUT2D eigenvalue weighted by Gasteiger charge is -2.15. The van der Waals surface area contributed by atoms with Gasteiger partial charge < -0.3 is 14.2 Å². The number of ether oxygens (including phenoxy) is 3. The monoisotopic (exact) mass is 316 g/mol. The summed E-state index contributed by atoms with van der Waals surface area (Å²) in [6.45, 7) is 6.55. The topological polar surface area (TPSA) is 27.7 Å². The molecule has 0 radical (unpaired) electrons. The third kappa shape index (κ3) is 6.38.